The molecule has 1 aromatic carbocycles. The summed E-state index contributed by atoms with van der Waals surface area (Å²) in [4.78, 5) is 2.32. The Bertz CT molecular complexity index is 416. The van der Waals surface area contributed by atoms with E-state index in [1.807, 2.05) is 0 Å². The van der Waals surface area contributed by atoms with Gasteiger partial charge in [-0.1, -0.05) is 24.6 Å². The van der Waals surface area contributed by atoms with Gasteiger partial charge in [0.15, 0.2) is 0 Å². The Labute approximate surface area is 112 Å². The fourth-order valence-electron chi connectivity index (χ4n) is 2.48. The van der Waals surface area contributed by atoms with E-state index in [0.717, 1.165) is 38.0 Å². The molecule has 0 bridgehead atoms. The van der Waals surface area contributed by atoms with Gasteiger partial charge in [0.25, 0.3) is 0 Å². The number of nitrogens with zero attached hydrogens (tertiary/aromatic N) is 1. The van der Waals surface area contributed by atoms with Gasteiger partial charge < -0.3 is 10.0 Å². The van der Waals surface area contributed by atoms with Gasteiger partial charge in [0.1, 0.15) is 5.82 Å². The number of hydrogen-bond acceptors (Lipinski definition) is 2. The van der Waals surface area contributed by atoms with Crippen molar-refractivity contribution < 1.29 is 9.50 Å². The summed E-state index contributed by atoms with van der Waals surface area (Å²) in [7, 11) is 0. The Hall–Kier alpha value is -0.640. The van der Waals surface area contributed by atoms with E-state index in [0.29, 0.717) is 11.4 Å². The molecule has 100 valence electrons. The molecule has 1 heterocycles. The zero-order valence-corrected chi connectivity index (χ0v) is 11.4. The molecule has 1 aliphatic rings. The minimum atomic E-state index is -0.701. The predicted molar refractivity (Wildman–Crippen MR) is 71.4 cm³/mol. The van der Waals surface area contributed by atoms with Gasteiger partial charge in [-0.05, 0) is 37.1 Å². The third-order valence-electron chi connectivity index (χ3n) is 3.77. The van der Waals surface area contributed by atoms with Crippen LogP contribution < -0.4 is 0 Å². The number of halogens is 2. The van der Waals surface area contributed by atoms with E-state index in [1.165, 1.54) is 12.1 Å². The van der Waals surface area contributed by atoms with Crippen molar-refractivity contribution in [2.45, 2.75) is 31.8 Å². The van der Waals surface area contributed by atoms with Crippen LogP contribution in [-0.4, -0.2) is 35.2 Å². The maximum Gasteiger partial charge on any atom is 0.124 e. The lowest BCUT2D eigenvalue weighted by molar-refractivity contribution is -0.0194. The standard InChI is InChI=1S/C14H19ClFNO/c1-2-17-7-5-14(18,6-8-17)10-11-3-4-12(16)9-13(11)15/h3-4,9,18H,2,5-8,10H2,1H3. The molecule has 1 fully saturated rings. The normalized spacial score (nSPS) is 20.0. The van der Waals surface area contributed by atoms with Gasteiger partial charge >= 0.3 is 0 Å². The quantitative estimate of drug-likeness (QED) is 0.914. The first kappa shape index (κ1) is 13.8. The molecule has 1 saturated heterocycles. The smallest absolute Gasteiger partial charge is 0.124 e. The molecule has 2 rings (SSSR count). The van der Waals surface area contributed by atoms with Crippen LogP contribution in [0, 0.1) is 5.82 Å². The van der Waals surface area contributed by atoms with Gasteiger partial charge in [-0.2, -0.15) is 0 Å². The van der Waals surface area contributed by atoms with Crippen LogP contribution in [0.4, 0.5) is 4.39 Å². The zero-order valence-electron chi connectivity index (χ0n) is 10.6. The highest BCUT2D eigenvalue weighted by Crippen LogP contribution is 2.29. The second kappa shape index (κ2) is 5.55. The topological polar surface area (TPSA) is 23.5 Å². The number of likely N-dealkylation sites (tertiary alicyclic amines) is 1. The molecule has 1 N–H and O–H groups in total. The third-order valence-corrected chi connectivity index (χ3v) is 4.12. The van der Waals surface area contributed by atoms with Crippen molar-refractivity contribution in [3.63, 3.8) is 0 Å². The summed E-state index contributed by atoms with van der Waals surface area (Å²) >= 11 is 6.01. The largest absolute Gasteiger partial charge is 0.389 e. The Morgan fingerprint density at radius 1 is 1.39 bits per heavy atom. The first-order chi connectivity index (χ1) is 8.52. The maximum absolute atomic E-state index is 13.0. The Morgan fingerprint density at radius 2 is 2.06 bits per heavy atom. The molecule has 0 amide bonds. The summed E-state index contributed by atoms with van der Waals surface area (Å²) in [5, 5.41) is 11.0. The van der Waals surface area contributed by atoms with Crippen molar-refractivity contribution in [3.8, 4) is 0 Å². The molecule has 1 aliphatic heterocycles. The van der Waals surface area contributed by atoms with E-state index in [9.17, 15) is 9.50 Å². The van der Waals surface area contributed by atoms with Gasteiger partial charge in [0.05, 0.1) is 5.60 Å². The summed E-state index contributed by atoms with van der Waals surface area (Å²) < 4.78 is 13.0. The number of benzene rings is 1. The van der Waals surface area contributed by atoms with Crippen LogP contribution in [0.15, 0.2) is 18.2 Å². The van der Waals surface area contributed by atoms with Crippen LogP contribution in [0.25, 0.3) is 0 Å². The number of aliphatic hydroxyl groups is 1. The van der Waals surface area contributed by atoms with Gasteiger partial charge in [-0.15, -0.1) is 0 Å². The highest BCUT2D eigenvalue weighted by molar-refractivity contribution is 6.31. The molecule has 0 spiro atoms. The first-order valence-corrected chi connectivity index (χ1v) is 6.79. The van der Waals surface area contributed by atoms with E-state index in [1.54, 1.807) is 6.07 Å². The Morgan fingerprint density at radius 3 is 2.61 bits per heavy atom. The molecule has 4 heteroatoms. The van der Waals surface area contributed by atoms with Crippen molar-refractivity contribution in [1.82, 2.24) is 4.90 Å². The lowest BCUT2D eigenvalue weighted by Gasteiger charge is -2.38. The van der Waals surface area contributed by atoms with Gasteiger partial charge in [-0.25, -0.2) is 4.39 Å². The summed E-state index contributed by atoms with van der Waals surface area (Å²) in [6, 6.07) is 4.37. The molecular formula is C14H19ClFNO. The van der Waals surface area contributed by atoms with Gasteiger partial charge in [0, 0.05) is 24.5 Å². The number of piperidine rings is 1. The van der Waals surface area contributed by atoms with E-state index >= 15 is 0 Å². The Balaban J connectivity index is 2.04. The number of hydrogen-bond donors (Lipinski definition) is 1. The van der Waals surface area contributed by atoms with E-state index < -0.39 is 5.60 Å². The predicted octanol–water partition coefficient (Wildman–Crippen LogP) is 2.87. The molecule has 2 nitrogen and oxygen atoms in total. The molecule has 18 heavy (non-hydrogen) atoms. The second-order valence-electron chi connectivity index (χ2n) is 5.07. The van der Waals surface area contributed by atoms with Crippen LogP contribution in [0.3, 0.4) is 0 Å². The minimum absolute atomic E-state index is 0.337. The summed E-state index contributed by atoms with van der Waals surface area (Å²) in [5.74, 6) is -0.337. The summed E-state index contributed by atoms with van der Waals surface area (Å²) in [6.45, 7) is 4.96. The van der Waals surface area contributed by atoms with Crippen LogP contribution in [-0.2, 0) is 6.42 Å². The maximum atomic E-state index is 13.0. The van der Waals surface area contributed by atoms with Crippen molar-refractivity contribution in [1.29, 1.82) is 0 Å². The monoisotopic (exact) mass is 271 g/mol. The van der Waals surface area contributed by atoms with Crippen LogP contribution in [0.2, 0.25) is 5.02 Å². The van der Waals surface area contributed by atoms with Crippen molar-refractivity contribution in [3.05, 3.63) is 34.6 Å². The van der Waals surface area contributed by atoms with E-state index in [-0.39, 0.29) is 5.82 Å². The average Bonchev–Trinajstić information content (AvgIpc) is 2.34. The molecular weight excluding hydrogens is 253 g/mol. The fourth-order valence-corrected chi connectivity index (χ4v) is 2.72. The van der Waals surface area contributed by atoms with E-state index in [2.05, 4.69) is 11.8 Å². The van der Waals surface area contributed by atoms with E-state index in [4.69, 9.17) is 11.6 Å². The third kappa shape index (κ3) is 3.22. The SMILES string of the molecule is CCN1CCC(O)(Cc2ccc(F)cc2Cl)CC1. The molecule has 0 atom stereocenters. The molecule has 0 aromatic heterocycles. The molecule has 0 radical (unpaired) electrons. The molecule has 1 aromatic rings. The Kier molecular flexibility index (Phi) is 4.25. The number of rotatable bonds is 3. The molecule has 0 saturated carbocycles. The highest BCUT2D eigenvalue weighted by atomic mass is 35.5. The van der Waals surface area contributed by atoms with Crippen LogP contribution in [0.1, 0.15) is 25.3 Å². The van der Waals surface area contributed by atoms with Crippen molar-refractivity contribution in [2.24, 2.45) is 0 Å². The van der Waals surface area contributed by atoms with Crippen LogP contribution in [0.5, 0.6) is 0 Å². The molecule has 0 aliphatic carbocycles. The average molecular weight is 272 g/mol. The second-order valence-corrected chi connectivity index (χ2v) is 5.48. The zero-order chi connectivity index (χ0) is 13.2. The van der Waals surface area contributed by atoms with Gasteiger partial charge in [-0.3, -0.25) is 0 Å². The van der Waals surface area contributed by atoms with Crippen molar-refractivity contribution >= 4 is 11.6 Å². The highest BCUT2D eigenvalue weighted by Gasteiger charge is 2.32. The lowest BCUT2D eigenvalue weighted by atomic mass is 9.85. The lowest BCUT2D eigenvalue weighted by Crippen LogP contribution is -2.45. The fraction of sp³-hybridized carbons (Fsp3) is 0.571. The van der Waals surface area contributed by atoms with Crippen LogP contribution >= 0.6 is 11.6 Å². The molecule has 0 unspecified atom stereocenters. The first-order valence-electron chi connectivity index (χ1n) is 6.41. The minimum Gasteiger partial charge on any atom is -0.389 e. The van der Waals surface area contributed by atoms with Crippen molar-refractivity contribution in [2.75, 3.05) is 19.6 Å². The summed E-state index contributed by atoms with van der Waals surface area (Å²) in [6.07, 6.45) is 1.99. The van der Waals surface area contributed by atoms with Gasteiger partial charge in [0.2, 0.25) is 0 Å². The summed E-state index contributed by atoms with van der Waals surface area (Å²) in [5.41, 5.74) is 0.123.